The van der Waals surface area contributed by atoms with Crippen LogP contribution in [0.5, 0.6) is 46.0 Å². The van der Waals surface area contributed by atoms with Gasteiger partial charge in [0.25, 0.3) is 23.6 Å². The first kappa shape index (κ1) is 73.3. The summed E-state index contributed by atoms with van der Waals surface area (Å²) in [6.07, 6.45) is 11.0. The van der Waals surface area contributed by atoms with E-state index in [-0.39, 0.29) is 104 Å². The molecule has 4 saturated carbocycles. The zero-order valence-electron chi connectivity index (χ0n) is 64.4. The monoisotopic (exact) mass is 1480 g/mol. The molecule has 2 saturated heterocycles. The minimum absolute atomic E-state index is 0.0903. The van der Waals surface area contributed by atoms with E-state index in [9.17, 15) is 0 Å². The summed E-state index contributed by atoms with van der Waals surface area (Å²) in [5.41, 5.74) is 4.60. The second-order valence-corrected chi connectivity index (χ2v) is 33.5. The lowest BCUT2D eigenvalue weighted by atomic mass is 9.80. The maximum Gasteiger partial charge on any atom is 0.329 e. The maximum atomic E-state index is 16.8. The molecule has 8 atom stereocenters. The van der Waals surface area contributed by atoms with Crippen LogP contribution in [-0.2, 0) is 28.5 Å². The summed E-state index contributed by atoms with van der Waals surface area (Å²) in [5.74, 6) is -1.86. The lowest BCUT2D eigenvalue weighted by molar-refractivity contribution is -0.158. The molecule has 110 heavy (non-hydrogen) atoms. The molecule has 18 heteroatoms. The molecule has 0 aromatic heterocycles. The number of benzene rings is 9. The number of ether oxygens (including phenoxy) is 8. The van der Waals surface area contributed by atoms with Gasteiger partial charge < -0.3 is 48.5 Å². The molecule has 8 aliphatic rings. The molecule has 17 rings (SSSR count). The number of fused-ring (bicyclic) bond motifs is 2. The van der Waals surface area contributed by atoms with E-state index in [1.165, 1.54) is 9.80 Å². The van der Waals surface area contributed by atoms with Crippen molar-refractivity contribution in [3.63, 3.8) is 0 Å². The largest absolute Gasteiger partial charge is 0.461 e. The number of carbonyl (C=O) groups excluding carboxylic acids is 6. The van der Waals surface area contributed by atoms with Gasteiger partial charge in [0.05, 0.1) is 47.7 Å². The van der Waals surface area contributed by atoms with Crippen LogP contribution in [0.25, 0.3) is 43.1 Å². The summed E-state index contributed by atoms with van der Waals surface area (Å²) in [4.78, 5) is 101. The maximum absolute atomic E-state index is 16.8. The third kappa shape index (κ3) is 14.2. The summed E-state index contributed by atoms with van der Waals surface area (Å²) in [6.45, 7) is 19.8. The summed E-state index contributed by atoms with van der Waals surface area (Å²) >= 11 is 0. The van der Waals surface area contributed by atoms with Gasteiger partial charge in [-0.3, -0.25) is 29.0 Å². The predicted octanol–water partition coefficient (Wildman–Crippen LogP) is 19.4. The van der Waals surface area contributed by atoms with Gasteiger partial charge in [0.15, 0.2) is 0 Å². The Labute approximate surface area is 642 Å². The van der Waals surface area contributed by atoms with Crippen LogP contribution >= 0.6 is 0 Å². The number of hydrogen-bond acceptors (Lipinski definition) is 16. The number of nitrogens with zero attached hydrogens (tertiary/aromatic N) is 2. The van der Waals surface area contributed by atoms with Gasteiger partial charge in [-0.05, 0) is 208 Å². The normalized spacial score (nSPS) is 22.1. The van der Waals surface area contributed by atoms with E-state index < -0.39 is 71.7 Å². The SMILES string of the molecule is CC(C)c1ccc(Oc2cc3c4c(cc(Oc5ccc(C(C)C)cc5)c5c6c(Oc7ccc(C(C)C)cc7)cc7c8c(cc(Oc9ccc(C(C)C)cc9)c(c2c45)c86)C(=O)N(C(C(=O)OC2CCCC(NCC4CO4)C2)C2CCCC2)C7=O)C(=O)N(C(C(=O)OC2CCCC(NCC4CO4)C2)C2CCCC2)C3=O)cc1. The van der Waals surface area contributed by atoms with Crippen LogP contribution in [0.3, 0.4) is 0 Å². The van der Waals surface area contributed by atoms with E-state index >= 15 is 28.8 Å². The Hall–Kier alpha value is -9.46. The Morgan fingerprint density at radius 2 is 0.645 bits per heavy atom. The minimum Gasteiger partial charge on any atom is -0.461 e. The molecule has 2 N–H and O–H groups in total. The van der Waals surface area contributed by atoms with Crippen molar-refractivity contribution < 1.29 is 66.7 Å². The fourth-order valence-electron chi connectivity index (χ4n) is 18.4. The van der Waals surface area contributed by atoms with Crippen molar-refractivity contribution in [1.29, 1.82) is 0 Å². The quantitative estimate of drug-likeness (QED) is 0.0170. The van der Waals surface area contributed by atoms with Gasteiger partial charge in [-0.25, -0.2) is 9.59 Å². The second-order valence-electron chi connectivity index (χ2n) is 33.5. The van der Waals surface area contributed by atoms with Crippen molar-refractivity contribution in [2.45, 2.75) is 230 Å². The third-order valence-electron chi connectivity index (χ3n) is 24.7. The highest BCUT2D eigenvalue weighted by atomic mass is 16.6. The smallest absolute Gasteiger partial charge is 0.329 e. The van der Waals surface area contributed by atoms with E-state index in [0.717, 1.165) is 86.8 Å². The highest BCUT2D eigenvalue weighted by Crippen LogP contribution is 2.59. The molecule has 0 radical (unpaired) electrons. The summed E-state index contributed by atoms with van der Waals surface area (Å²) in [5, 5.41) is 9.95. The lowest BCUT2D eigenvalue weighted by Gasteiger charge is -2.38. The third-order valence-corrected chi connectivity index (χ3v) is 24.7. The Bertz CT molecular complexity index is 4480. The molecule has 4 aliphatic heterocycles. The first-order chi connectivity index (χ1) is 53.3. The van der Waals surface area contributed by atoms with Crippen molar-refractivity contribution >= 4 is 78.7 Å². The Morgan fingerprint density at radius 3 is 0.900 bits per heavy atom. The number of epoxide rings is 2. The number of hydrogen-bond donors (Lipinski definition) is 2. The standard InChI is InChI=1S/C92H100N4O14/c1-49(2)53-23-31-61(32-24-53)105-73-41-69-77-70(88(98)95(87(69)97)85(57-15-9-10-16-57)91(101)109-65-21-13-19-59(39-65)93-45-67-47-103-67)43-75(107-63-35-27-55(28-36-63)51(5)6)81-82-76(108-64-37-29-56(30-38-64)52(7)8)44-72-78-71(42-74(80(84(78)82)79(73)83(77)81)106-62-33-25-54(26-34-62)50(3)4)89(99)96(90(72)100)86(58-17-11-12-18-58)92(102)110-66-22-14-20-60(40-66)94-46-68-48-104-68/h23-38,41-44,49-52,57-60,65-68,85-86,93-94H,9-22,39-40,45-48H2,1-8H3. The lowest BCUT2D eigenvalue weighted by Crippen LogP contribution is -2.54. The summed E-state index contributed by atoms with van der Waals surface area (Å²) in [7, 11) is 0. The van der Waals surface area contributed by atoms with Gasteiger partial charge in [-0.2, -0.15) is 0 Å². The molecule has 18 nitrogen and oxygen atoms in total. The van der Waals surface area contributed by atoms with Crippen LogP contribution in [0.1, 0.15) is 245 Å². The molecule has 4 amide bonds. The molecule has 9 aromatic carbocycles. The summed E-state index contributed by atoms with van der Waals surface area (Å²) in [6, 6.07) is 35.5. The van der Waals surface area contributed by atoms with E-state index in [2.05, 4.69) is 66.0 Å². The fourth-order valence-corrected chi connectivity index (χ4v) is 18.4. The Kier molecular flexibility index (Phi) is 20.2. The van der Waals surface area contributed by atoms with Crippen LogP contribution in [0, 0.1) is 11.8 Å². The summed E-state index contributed by atoms with van der Waals surface area (Å²) < 4.78 is 54.0. The number of imide groups is 2. The van der Waals surface area contributed by atoms with E-state index in [1.807, 2.05) is 97.1 Å². The number of nitrogens with one attached hydrogen (secondary N) is 2. The molecular weight excluding hydrogens is 1390 g/mol. The predicted molar refractivity (Wildman–Crippen MR) is 422 cm³/mol. The number of rotatable bonds is 26. The number of carbonyl (C=O) groups is 6. The van der Waals surface area contributed by atoms with Crippen LogP contribution in [0.4, 0.5) is 0 Å². The van der Waals surface area contributed by atoms with Crippen molar-refractivity contribution in [3.8, 4) is 46.0 Å². The highest BCUT2D eigenvalue weighted by Gasteiger charge is 2.51. The molecule has 8 unspecified atom stereocenters. The molecule has 4 aliphatic carbocycles. The first-order valence-electron chi connectivity index (χ1n) is 40.6. The molecule has 4 heterocycles. The molecule has 0 bridgehead atoms. The van der Waals surface area contributed by atoms with Gasteiger partial charge in [0.2, 0.25) is 0 Å². The van der Waals surface area contributed by atoms with Gasteiger partial charge >= 0.3 is 11.9 Å². The fraction of sp³-hybridized carbons (Fsp3) is 0.457. The van der Waals surface area contributed by atoms with Crippen LogP contribution in [0.15, 0.2) is 121 Å². The molecule has 572 valence electrons. The zero-order chi connectivity index (χ0) is 75.9. The molecule has 9 aromatic rings. The van der Waals surface area contributed by atoms with Crippen LogP contribution < -0.4 is 29.6 Å². The van der Waals surface area contributed by atoms with E-state index in [1.54, 1.807) is 24.3 Å². The first-order valence-corrected chi connectivity index (χ1v) is 40.6. The van der Waals surface area contributed by atoms with Crippen molar-refractivity contribution in [3.05, 3.63) is 166 Å². The second kappa shape index (κ2) is 30.3. The van der Waals surface area contributed by atoms with Gasteiger partial charge in [0, 0.05) is 68.3 Å². The van der Waals surface area contributed by atoms with Gasteiger partial charge in [-0.15, -0.1) is 0 Å². The zero-order valence-corrected chi connectivity index (χ0v) is 64.4. The minimum atomic E-state index is -1.29. The van der Waals surface area contributed by atoms with Crippen molar-refractivity contribution in [2.75, 3.05) is 26.3 Å². The molecule has 6 fully saturated rings. The van der Waals surface area contributed by atoms with Gasteiger partial charge in [0.1, 0.15) is 70.3 Å². The van der Waals surface area contributed by atoms with Crippen LogP contribution in [0.2, 0.25) is 0 Å². The van der Waals surface area contributed by atoms with Crippen LogP contribution in [-0.4, -0.2) is 120 Å². The van der Waals surface area contributed by atoms with Crippen molar-refractivity contribution in [1.82, 2.24) is 20.4 Å². The highest BCUT2D eigenvalue weighted by molar-refractivity contribution is 6.45. The van der Waals surface area contributed by atoms with Crippen molar-refractivity contribution in [2.24, 2.45) is 11.8 Å². The Morgan fingerprint density at radius 1 is 0.373 bits per heavy atom. The van der Waals surface area contributed by atoms with E-state index in [4.69, 9.17) is 37.9 Å². The Balaban J connectivity index is 0.937. The average molecular weight is 1490 g/mol. The number of esters is 2. The molecule has 0 spiro atoms. The molecular formula is C92H100N4O14. The van der Waals surface area contributed by atoms with E-state index in [0.29, 0.717) is 120 Å². The topological polar surface area (TPSA) is 213 Å². The van der Waals surface area contributed by atoms with Gasteiger partial charge in [-0.1, -0.05) is 130 Å². The number of amides is 4. The average Bonchev–Trinajstić information content (AvgIpc) is 0.822.